The Hall–Kier alpha value is -2.62. The van der Waals surface area contributed by atoms with Crippen molar-refractivity contribution < 1.29 is 27.6 Å². The van der Waals surface area contributed by atoms with E-state index in [0.29, 0.717) is 6.61 Å². The molecule has 10 heteroatoms. The van der Waals surface area contributed by atoms with E-state index in [4.69, 9.17) is 11.5 Å². The number of carbonyl (C=O) groups is 1. The third-order valence-electron chi connectivity index (χ3n) is 2.71. The normalized spacial score (nSPS) is 13.9. The largest absolute Gasteiger partial charge is 0.858 e. The number of nitrogens with zero attached hydrogens (tertiary/aromatic N) is 2. The molecule has 0 bridgehead atoms. The minimum absolute atomic E-state index is 0.00926. The van der Waals surface area contributed by atoms with Gasteiger partial charge in [-0.2, -0.15) is 12.8 Å². The monoisotopic (exact) mass is 342 g/mol. The molecule has 126 valence electrons. The molecule has 0 saturated carbocycles. The highest BCUT2D eigenvalue weighted by molar-refractivity contribution is 7.90. The van der Waals surface area contributed by atoms with Gasteiger partial charge in [-0.25, -0.2) is 4.79 Å². The number of guanidine groups is 1. The van der Waals surface area contributed by atoms with Gasteiger partial charge in [-0.05, 0) is 13.0 Å². The first-order valence-corrected chi connectivity index (χ1v) is 7.99. The summed E-state index contributed by atoms with van der Waals surface area (Å²) < 4.78 is 31.2. The Morgan fingerprint density at radius 3 is 2.48 bits per heavy atom. The summed E-state index contributed by atoms with van der Waals surface area (Å²) in [6.07, 6.45) is 0. The van der Waals surface area contributed by atoms with Crippen molar-refractivity contribution in [3.63, 3.8) is 0 Å². The zero-order valence-electron chi connectivity index (χ0n) is 12.7. The molecule has 0 unspecified atom stereocenters. The molecule has 9 nitrogen and oxygen atoms in total. The highest BCUT2D eigenvalue weighted by Crippen LogP contribution is 2.23. The van der Waals surface area contributed by atoms with Crippen molar-refractivity contribution in [1.29, 1.82) is 0 Å². The lowest BCUT2D eigenvalue weighted by molar-refractivity contribution is -0.489. The van der Waals surface area contributed by atoms with Crippen LogP contribution >= 0.6 is 0 Å². The second-order valence-electron chi connectivity index (χ2n) is 4.45. The van der Waals surface area contributed by atoms with Crippen molar-refractivity contribution in [2.45, 2.75) is 11.8 Å². The van der Waals surface area contributed by atoms with E-state index in [9.17, 15) is 18.3 Å². The maximum atomic E-state index is 11.1. The Morgan fingerprint density at radius 1 is 1.35 bits per heavy atom. The van der Waals surface area contributed by atoms with E-state index in [-0.39, 0.29) is 28.9 Å². The maximum absolute atomic E-state index is 11.1. The molecule has 0 aromatic heterocycles. The first kappa shape index (κ1) is 18.4. The lowest BCUT2D eigenvalue weighted by atomic mass is 10.2. The smallest absolute Gasteiger partial charge is 0.341 e. The number of esters is 1. The van der Waals surface area contributed by atoms with Gasteiger partial charge >= 0.3 is 11.9 Å². The molecular weight excluding hydrogens is 324 g/mol. The average molecular weight is 342 g/mol. The van der Waals surface area contributed by atoms with Crippen LogP contribution in [0.15, 0.2) is 33.6 Å². The predicted molar refractivity (Wildman–Crippen MR) is 81.2 cm³/mol. The zero-order chi connectivity index (χ0) is 17.6. The van der Waals surface area contributed by atoms with E-state index >= 15 is 0 Å². The van der Waals surface area contributed by atoms with Gasteiger partial charge in [-0.3, -0.25) is 16.0 Å². The summed E-state index contributed by atoms with van der Waals surface area (Å²) >= 11 is 0. The van der Waals surface area contributed by atoms with Gasteiger partial charge < -0.3 is 9.84 Å². The third kappa shape index (κ3) is 4.95. The van der Waals surface area contributed by atoms with E-state index in [1.165, 1.54) is 16.7 Å². The molecule has 0 spiro atoms. The second-order valence-corrected chi connectivity index (χ2v) is 6.03. The molecule has 1 aromatic rings. The Morgan fingerprint density at radius 2 is 1.96 bits per heavy atom. The van der Waals surface area contributed by atoms with Gasteiger partial charge in [0, 0.05) is 11.5 Å². The van der Waals surface area contributed by atoms with Crippen LogP contribution in [0.4, 0.5) is 0 Å². The van der Waals surface area contributed by atoms with E-state index < -0.39 is 15.9 Å². The molecule has 1 aromatic carbocycles. The quantitative estimate of drug-likeness (QED) is 0.278. The van der Waals surface area contributed by atoms with Crippen LogP contribution in [-0.4, -0.2) is 51.0 Å². The van der Waals surface area contributed by atoms with Gasteiger partial charge in [-0.15, -0.1) is 0 Å². The molecule has 0 aliphatic carbocycles. The minimum Gasteiger partial charge on any atom is -0.858 e. The molecule has 0 atom stereocenters. The molecule has 0 saturated heterocycles. The number of hydrogen-bond acceptors (Lipinski definition) is 5. The van der Waals surface area contributed by atoms with Crippen molar-refractivity contribution in [3.05, 3.63) is 29.8 Å². The number of carbonyl (C=O) groups excluding carboxylic acids is 1. The Balaban J connectivity index is 0.000000232. The number of rotatable bonds is 3. The molecule has 1 heterocycles. The number of likely N-dealkylation sites (N-methyl/N-ethyl adjacent to an activating group) is 1. The fraction of sp³-hybridized carbons (Fsp3) is 0.308. The van der Waals surface area contributed by atoms with E-state index in [1.807, 2.05) is 0 Å². The maximum Gasteiger partial charge on any atom is 0.341 e. The molecular formula is C13H18N4O5S. The SMILES string of the molecule is CCOC(=O)C[N+](C)=C(N)N.O=S1(=O)N=C([O-])c2ccccc21. The molecule has 0 fully saturated rings. The molecule has 2 rings (SSSR count). The number of nitrogens with two attached hydrogens (primary N) is 2. The predicted octanol–water partition coefficient (Wildman–Crippen LogP) is -2.04. The summed E-state index contributed by atoms with van der Waals surface area (Å²) in [6.45, 7) is 2.21. The number of benzene rings is 1. The molecule has 23 heavy (non-hydrogen) atoms. The Labute approximate surface area is 133 Å². The van der Waals surface area contributed by atoms with Crippen molar-refractivity contribution in [2.24, 2.45) is 15.9 Å². The summed E-state index contributed by atoms with van der Waals surface area (Å²) in [5, 5.41) is 10.9. The summed E-state index contributed by atoms with van der Waals surface area (Å²) in [6, 6.07) is 5.99. The van der Waals surface area contributed by atoms with E-state index in [1.54, 1.807) is 26.1 Å². The summed E-state index contributed by atoms with van der Waals surface area (Å²) in [7, 11) is -2.06. The minimum atomic E-state index is -3.68. The lowest BCUT2D eigenvalue weighted by Gasteiger charge is -2.01. The van der Waals surface area contributed by atoms with Gasteiger partial charge in [0.15, 0.2) is 6.54 Å². The number of fused-ring (bicyclic) bond motifs is 1. The van der Waals surface area contributed by atoms with Crippen LogP contribution < -0.4 is 16.6 Å². The molecule has 1 aliphatic rings. The second kappa shape index (κ2) is 7.58. The average Bonchev–Trinajstić information content (AvgIpc) is 2.70. The van der Waals surface area contributed by atoms with Gasteiger partial charge in [0.2, 0.25) is 0 Å². The Bertz CT molecular complexity index is 751. The van der Waals surface area contributed by atoms with Crippen molar-refractivity contribution in [1.82, 2.24) is 0 Å². The summed E-state index contributed by atoms with van der Waals surface area (Å²) in [5.74, 6) is -0.896. The fourth-order valence-electron chi connectivity index (χ4n) is 1.57. The van der Waals surface area contributed by atoms with Crippen LogP contribution in [0, 0.1) is 0 Å². The van der Waals surface area contributed by atoms with Crippen LogP contribution in [0.5, 0.6) is 0 Å². The number of hydrogen-bond donors (Lipinski definition) is 2. The van der Waals surface area contributed by atoms with Crippen molar-refractivity contribution in [2.75, 3.05) is 20.2 Å². The van der Waals surface area contributed by atoms with E-state index in [0.717, 1.165) is 0 Å². The standard InChI is InChI=1S/C7H5NO3S.C6H13N3O2/c9-7-5-3-1-2-4-6(5)12(10,11)8-7;1-3-11-5(10)4-9(2)6(7)8/h1-4H,(H,8,9);3-4H2,1-2H3,(H3,7,8). The fourth-order valence-corrected chi connectivity index (χ4v) is 2.67. The van der Waals surface area contributed by atoms with Gasteiger partial charge in [-0.1, -0.05) is 18.2 Å². The van der Waals surface area contributed by atoms with Gasteiger partial charge in [0.05, 0.1) is 18.6 Å². The van der Waals surface area contributed by atoms with Crippen molar-refractivity contribution in [3.8, 4) is 0 Å². The summed E-state index contributed by atoms with van der Waals surface area (Å²) in [4.78, 5) is 10.8. The lowest BCUT2D eigenvalue weighted by Crippen LogP contribution is -2.36. The van der Waals surface area contributed by atoms with Gasteiger partial charge in [0.25, 0.3) is 10.0 Å². The topological polar surface area (TPSA) is 151 Å². The number of sulfonamides is 1. The van der Waals surface area contributed by atoms with Gasteiger partial charge in [0.1, 0.15) is 0 Å². The van der Waals surface area contributed by atoms with E-state index in [2.05, 4.69) is 9.13 Å². The first-order chi connectivity index (χ1) is 10.7. The molecule has 0 amide bonds. The van der Waals surface area contributed by atoms with Crippen LogP contribution in [-0.2, 0) is 19.6 Å². The molecule has 4 N–H and O–H groups in total. The van der Waals surface area contributed by atoms with Crippen molar-refractivity contribution >= 4 is 27.8 Å². The van der Waals surface area contributed by atoms with Crippen LogP contribution in [0.3, 0.4) is 0 Å². The summed E-state index contributed by atoms with van der Waals surface area (Å²) in [5.41, 5.74) is 10.6. The van der Waals surface area contributed by atoms with Crippen LogP contribution in [0.1, 0.15) is 12.5 Å². The number of ether oxygens (including phenoxy) is 1. The molecule has 1 aliphatic heterocycles. The zero-order valence-corrected chi connectivity index (χ0v) is 13.5. The third-order valence-corrected chi connectivity index (χ3v) is 4.03. The first-order valence-electron chi connectivity index (χ1n) is 6.55. The van der Waals surface area contributed by atoms with Crippen LogP contribution in [0.2, 0.25) is 0 Å². The highest BCUT2D eigenvalue weighted by Gasteiger charge is 2.22. The molecule has 0 radical (unpaired) electrons. The van der Waals surface area contributed by atoms with Crippen LogP contribution in [0.25, 0.3) is 0 Å². The Kier molecular flexibility index (Phi) is 6.08. The highest BCUT2D eigenvalue weighted by atomic mass is 32.2.